The molecule has 9 heteroatoms. The summed E-state index contributed by atoms with van der Waals surface area (Å²) in [4.78, 5) is 24.3. The van der Waals surface area contributed by atoms with E-state index in [2.05, 4.69) is 30.9 Å². The van der Waals surface area contributed by atoms with E-state index < -0.39 is 0 Å². The Kier molecular flexibility index (Phi) is 3.94. The third-order valence-electron chi connectivity index (χ3n) is 3.67. The zero-order valence-corrected chi connectivity index (χ0v) is 13.3. The largest absolute Gasteiger partial charge is 0.281 e. The summed E-state index contributed by atoms with van der Waals surface area (Å²) in [6.07, 6.45) is 5.99. The Morgan fingerprint density at radius 2 is 1.81 bits per heavy atom. The van der Waals surface area contributed by atoms with Gasteiger partial charge in [-0.05, 0) is 36.4 Å². The van der Waals surface area contributed by atoms with Crippen molar-refractivity contribution in [3.8, 4) is 5.69 Å². The fourth-order valence-corrected chi connectivity index (χ4v) is 2.41. The number of fused-ring (bicyclic) bond motifs is 1. The molecule has 0 radical (unpaired) electrons. The normalized spacial score (nSPS) is 10.7. The molecule has 1 aromatic carbocycles. The van der Waals surface area contributed by atoms with E-state index in [-0.39, 0.29) is 11.7 Å². The first-order chi connectivity index (χ1) is 12.7. The molecule has 8 nitrogen and oxygen atoms in total. The lowest BCUT2D eigenvalue weighted by Gasteiger charge is -2.08. The highest BCUT2D eigenvalue weighted by Crippen LogP contribution is 2.21. The Hall–Kier alpha value is -3.88. The molecule has 3 aromatic heterocycles. The number of hydrogen-bond donors (Lipinski definition) is 2. The number of amides is 1. The summed E-state index contributed by atoms with van der Waals surface area (Å²) in [7, 11) is 0. The molecule has 0 atom stereocenters. The summed E-state index contributed by atoms with van der Waals surface area (Å²) >= 11 is 0. The molecule has 0 saturated heterocycles. The number of halogens is 1. The zero-order chi connectivity index (χ0) is 17.9. The van der Waals surface area contributed by atoms with Gasteiger partial charge in [0, 0.05) is 18.0 Å². The van der Waals surface area contributed by atoms with Crippen LogP contribution in [0.3, 0.4) is 0 Å². The van der Waals surface area contributed by atoms with Crippen LogP contribution in [-0.4, -0.2) is 30.6 Å². The molecule has 4 aromatic rings. The van der Waals surface area contributed by atoms with Crippen molar-refractivity contribution in [3.63, 3.8) is 0 Å². The third-order valence-corrected chi connectivity index (χ3v) is 3.67. The summed E-state index contributed by atoms with van der Waals surface area (Å²) in [5.74, 6) is -0.267. The van der Waals surface area contributed by atoms with Crippen LogP contribution in [0.15, 0.2) is 61.3 Å². The van der Waals surface area contributed by atoms with E-state index in [1.165, 1.54) is 30.9 Å². The van der Waals surface area contributed by atoms with Gasteiger partial charge in [0.05, 0.1) is 17.3 Å². The summed E-state index contributed by atoms with van der Waals surface area (Å²) in [5, 5.41) is 4.88. The van der Waals surface area contributed by atoms with Crippen molar-refractivity contribution in [1.29, 1.82) is 0 Å². The number of nitrogens with zero attached hydrogens (tertiary/aromatic N) is 5. The number of benzene rings is 1. The van der Waals surface area contributed by atoms with Gasteiger partial charge in [-0.25, -0.2) is 19.0 Å². The molecule has 1 amide bonds. The number of carbonyl (C=O) groups is 1. The first kappa shape index (κ1) is 15.6. The van der Waals surface area contributed by atoms with E-state index in [1.807, 2.05) is 0 Å². The number of rotatable bonds is 4. The van der Waals surface area contributed by atoms with Crippen LogP contribution in [0.5, 0.6) is 0 Å². The quantitative estimate of drug-likeness (QED) is 0.548. The second kappa shape index (κ2) is 6.55. The number of nitrogens with one attached hydrogen (secondary N) is 2. The molecule has 3 heterocycles. The lowest BCUT2D eigenvalue weighted by Crippen LogP contribution is -2.29. The maximum atomic E-state index is 13.1. The van der Waals surface area contributed by atoms with Crippen molar-refractivity contribution < 1.29 is 9.18 Å². The fraction of sp³-hybridized carbons (Fsp3) is 0. The van der Waals surface area contributed by atoms with Crippen LogP contribution >= 0.6 is 0 Å². The predicted octanol–water partition coefficient (Wildman–Crippen LogP) is 2.11. The van der Waals surface area contributed by atoms with Crippen molar-refractivity contribution in [1.82, 2.24) is 30.2 Å². The molecule has 4 rings (SSSR count). The van der Waals surface area contributed by atoms with E-state index in [0.29, 0.717) is 28.1 Å². The van der Waals surface area contributed by atoms with E-state index in [1.54, 1.807) is 35.1 Å². The maximum absolute atomic E-state index is 13.1. The summed E-state index contributed by atoms with van der Waals surface area (Å²) in [6, 6.07) is 9.08. The molecule has 0 saturated carbocycles. The average Bonchev–Trinajstić information content (AvgIpc) is 3.12. The molecule has 0 fully saturated rings. The molecule has 2 N–H and O–H groups in total. The second-order valence-corrected chi connectivity index (χ2v) is 5.31. The minimum Gasteiger partial charge on any atom is -0.281 e. The maximum Gasteiger partial charge on any atom is 0.269 e. The zero-order valence-electron chi connectivity index (χ0n) is 13.3. The van der Waals surface area contributed by atoms with E-state index in [9.17, 15) is 9.18 Å². The molecule has 0 bridgehead atoms. The summed E-state index contributed by atoms with van der Waals surface area (Å²) < 4.78 is 14.7. The third kappa shape index (κ3) is 2.93. The highest BCUT2D eigenvalue weighted by Gasteiger charge is 2.12. The van der Waals surface area contributed by atoms with Crippen LogP contribution in [-0.2, 0) is 0 Å². The lowest BCUT2D eigenvalue weighted by molar-refractivity contribution is 0.0962. The molecule has 0 aliphatic carbocycles. The van der Waals surface area contributed by atoms with Crippen molar-refractivity contribution in [2.45, 2.75) is 0 Å². The second-order valence-electron chi connectivity index (χ2n) is 5.31. The Bertz CT molecular complexity index is 1060. The van der Waals surface area contributed by atoms with Crippen LogP contribution in [0.2, 0.25) is 0 Å². The fourth-order valence-electron chi connectivity index (χ4n) is 2.41. The van der Waals surface area contributed by atoms with Crippen molar-refractivity contribution in [3.05, 3.63) is 72.7 Å². The van der Waals surface area contributed by atoms with Crippen LogP contribution in [0.1, 0.15) is 10.4 Å². The van der Waals surface area contributed by atoms with Crippen LogP contribution < -0.4 is 10.9 Å². The van der Waals surface area contributed by atoms with Gasteiger partial charge in [0.15, 0.2) is 11.5 Å². The Labute approximate surface area is 146 Å². The Balaban J connectivity index is 1.61. The monoisotopic (exact) mass is 349 g/mol. The number of carbonyl (C=O) groups excluding carboxylic acids is 1. The molecular formula is C17H12FN7O. The number of anilines is 1. The standard InChI is InChI=1S/C17H12FN7O/c18-12-1-3-13(4-2-12)25-16-14(9-22-25)15(20-10-21-16)23-24-17(26)11-5-7-19-8-6-11/h1-10H,(H,24,26)(H,20,21,23). The minimum atomic E-state index is -0.332. The molecule has 0 unspecified atom stereocenters. The Morgan fingerprint density at radius 3 is 2.58 bits per heavy atom. The smallest absolute Gasteiger partial charge is 0.269 e. The molecule has 26 heavy (non-hydrogen) atoms. The van der Waals surface area contributed by atoms with Gasteiger partial charge in [-0.1, -0.05) is 0 Å². The van der Waals surface area contributed by atoms with E-state index >= 15 is 0 Å². The molecule has 128 valence electrons. The van der Waals surface area contributed by atoms with E-state index in [4.69, 9.17) is 0 Å². The number of aromatic nitrogens is 5. The van der Waals surface area contributed by atoms with Gasteiger partial charge in [0.1, 0.15) is 12.1 Å². The highest BCUT2D eigenvalue weighted by atomic mass is 19.1. The van der Waals surface area contributed by atoms with Gasteiger partial charge in [0.25, 0.3) is 5.91 Å². The van der Waals surface area contributed by atoms with Gasteiger partial charge < -0.3 is 0 Å². The molecule has 0 spiro atoms. The van der Waals surface area contributed by atoms with Crippen LogP contribution in [0, 0.1) is 5.82 Å². The lowest BCUT2D eigenvalue weighted by atomic mass is 10.3. The average molecular weight is 349 g/mol. The van der Waals surface area contributed by atoms with Crippen molar-refractivity contribution in [2.24, 2.45) is 0 Å². The predicted molar refractivity (Wildman–Crippen MR) is 91.9 cm³/mol. The van der Waals surface area contributed by atoms with Crippen molar-refractivity contribution in [2.75, 3.05) is 5.43 Å². The first-order valence-corrected chi connectivity index (χ1v) is 7.63. The number of pyridine rings is 1. The van der Waals surface area contributed by atoms with Crippen LogP contribution in [0.4, 0.5) is 10.2 Å². The van der Waals surface area contributed by atoms with Crippen LogP contribution in [0.25, 0.3) is 16.7 Å². The van der Waals surface area contributed by atoms with Gasteiger partial charge >= 0.3 is 0 Å². The SMILES string of the molecule is O=C(NNc1ncnc2c1cnn2-c1ccc(F)cc1)c1ccncc1. The number of hydrogen-bond acceptors (Lipinski definition) is 6. The van der Waals surface area contributed by atoms with E-state index in [0.717, 1.165) is 0 Å². The summed E-state index contributed by atoms with van der Waals surface area (Å²) in [5.41, 5.74) is 6.98. The summed E-state index contributed by atoms with van der Waals surface area (Å²) in [6.45, 7) is 0. The Morgan fingerprint density at radius 1 is 1.04 bits per heavy atom. The highest BCUT2D eigenvalue weighted by molar-refractivity contribution is 5.95. The van der Waals surface area contributed by atoms with Gasteiger partial charge in [-0.2, -0.15) is 5.10 Å². The van der Waals surface area contributed by atoms with Gasteiger partial charge in [-0.15, -0.1) is 0 Å². The number of hydrazine groups is 1. The first-order valence-electron chi connectivity index (χ1n) is 7.63. The topological polar surface area (TPSA) is 97.6 Å². The van der Waals surface area contributed by atoms with Gasteiger partial charge in [0.2, 0.25) is 0 Å². The molecule has 0 aliphatic heterocycles. The minimum absolute atomic E-state index is 0.329. The van der Waals surface area contributed by atoms with Gasteiger partial charge in [-0.3, -0.25) is 20.6 Å². The molecule has 0 aliphatic rings. The van der Waals surface area contributed by atoms with Crippen molar-refractivity contribution >= 4 is 22.8 Å². The molecular weight excluding hydrogens is 337 g/mol.